The third kappa shape index (κ3) is 2.72. The monoisotopic (exact) mass is 259 g/mol. The second-order valence-electron chi connectivity index (χ2n) is 3.84. The van der Waals surface area contributed by atoms with Crippen LogP contribution in [0.3, 0.4) is 0 Å². The van der Waals surface area contributed by atoms with Gasteiger partial charge in [0.2, 0.25) is 0 Å². The van der Waals surface area contributed by atoms with E-state index in [1.807, 2.05) is 25.1 Å². The predicted molar refractivity (Wildman–Crippen MR) is 69.0 cm³/mol. The zero-order chi connectivity index (χ0) is 11.9. The van der Waals surface area contributed by atoms with Crippen LogP contribution < -0.4 is 0 Å². The molecule has 5 heteroatoms. The molecule has 85 valence electrons. The number of fused-ring (bicyclic) bond motifs is 1. The van der Waals surface area contributed by atoms with E-state index in [2.05, 4.69) is 0 Å². The van der Waals surface area contributed by atoms with Crippen molar-refractivity contribution >= 4 is 50.4 Å². The summed E-state index contributed by atoms with van der Waals surface area (Å²) in [5.74, 6) is 0. The average Bonchev–Trinajstić information content (AvgIpc) is 2.17. The molecule has 1 radical (unpaired) electrons. The van der Waals surface area contributed by atoms with Gasteiger partial charge < -0.3 is 0 Å². The van der Waals surface area contributed by atoms with Gasteiger partial charge in [-0.15, -0.1) is 0 Å². The van der Waals surface area contributed by atoms with Crippen LogP contribution in [0.25, 0.3) is 10.8 Å². The topological polar surface area (TPSA) is 54.4 Å². The Bertz CT molecular complexity index is 663. The summed E-state index contributed by atoms with van der Waals surface area (Å²) in [4.78, 5) is 0.0168. The van der Waals surface area contributed by atoms with Crippen molar-refractivity contribution in [3.63, 3.8) is 0 Å². The standard InChI is InChI=1S/C12H12O3S.Na/c1-8-7-10-5-3-4-6-11(10)12(9(8)2)16(13,14)15;/h3-7H,1-2H3,(H,13,14,15);. The fraction of sp³-hybridized carbons (Fsp3) is 0.167. The maximum atomic E-state index is 11.4. The molecule has 0 saturated heterocycles. The van der Waals surface area contributed by atoms with E-state index in [1.54, 1.807) is 19.1 Å². The van der Waals surface area contributed by atoms with Crippen LogP contribution in [0.15, 0.2) is 35.2 Å². The van der Waals surface area contributed by atoms with Crippen molar-refractivity contribution in [2.45, 2.75) is 18.7 Å². The molecule has 0 atom stereocenters. The van der Waals surface area contributed by atoms with E-state index in [-0.39, 0.29) is 34.5 Å². The molecule has 0 spiro atoms. The molecule has 0 aliphatic heterocycles. The summed E-state index contributed by atoms with van der Waals surface area (Å²) in [5.41, 5.74) is 1.45. The van der Waals surface area contributed by atoms with Crippen LogP contribution >= 0.6 is 0 Å². The van der Waals surface area contributed by atoms with Crippen molar-refractivity contribution in [2.24, 2.45) is 0 Å². The van der Waals surface area contributed by atoms with E-state index in [1.165, 1.54) is 0 Å². The minimum absolute atomic E-state index is 0. The SMILES string of the molecule is Cc1cc2ccccc2c(S(=O)(=O)O)c1C.[Na]. The summed E-state index contributed by atoms with van der Waals surface area (Å²) in [6, 6.07) is 9.04. The number of rotatable bonds is 1. The fourth-order valence-corrected chi connectivity index (χ4v) is 2.90. The van der Waals surface area contributed by atoms with Crippen LogP contribution in [-0.4, -0.2) is 42.5 Å². The Kier molecular flexibility index (Phi) is 4.38. The van der Waals surface area contributed by atoms with Gasteiger partial charge in [-0.1, -0.05) is 30.3 Å². The molecule has 2 aromatic carbocycles. The Morgan fingerprint density at radius 3 is 2.29 bits per heavy atom. The van der Waals surface area contributed by atoms with Crippen LogP contribution in [0.1, 0.15) is 11.1 Å². The van der Waals surface area contributed by atoms with Crippen molar-refractivity contribution in [2.75, 3.05) is 0 Å². The van der Waals surface area contributed by atoms with Gasteiger partial charge in [0.05, 0.1) is 0 Å². The molecule has 0 aliphatic carbocycles. The second kappa shape index (κ2) is 5.08. The molecule has 17 heavy (non-hydrogen) atoms. The number of hydrogen-bond acceptors (Lipinski definition) is 2. The smallest absolute Gasteiger partial charge is 0.282 e. The normalized spacial score (nSPS) is 11.2. The number of aryl methyl sites for hydroxylation is 1. The van der Waals surface area contributed by atoms with E-state index in [0.717, 1.165) is 10.9 Å². The van der Waals surface area contributed by atoms with Crippen LogP contribution in [0.4, 0.5) is 0 Å². The van der Waals surface area contributed by atoms with Crippen molar-refractivity contribution in [1.29, 1.82) is 0 Å². The molecule has 0 amide bonds. The van der Waals surface area contributed by atoms with Crippen molar-refractivity contribution < 1.29 is 13.0 Å². The molecule has 1 N–H and O–H groups in total. The molecule has 2 rings (SSSR count). The Hall–Kier alpha value is -0.390. The minimum atomic E-state index is -4.18. The van der Waals surface area contributed by atoms with Gasteiger partial charge in [0.15, 0.2) is 0 Å². The van der Waals surface area contributed by atoms with E-state index < -0.39 is 10.1 Å². The molecular weight excluding hydrogens is 247 g/mol. The fourth-order valence-electron chi connectivity index (χ4n) is 1.88. The zero-order valence-electron chi connectivity index (χ0n) is 10.1. The Morgan fingerprint density at radius 1 is 1.12 bits per heavy atom. The zero-order valence-corrected chi connectivity index (χ0v) is 12.9. The molecular formula is C12H12NaO3S. The van der Waals surface area contributed by atoms with Crippen LogP contribution in [0.5, 0.6) is 0 Å². The first-order chi connectivity index (χ1) is 7.41. The van der Waals surface area contributed by atoms with E-state index >= 15 is 0 Å². The maximum absolute atomic E-state index is 11.4. The Morgan fingerprint density at radius 2 is 1.71 bits per heavy atom. The second-order valence-corrected chi connectivity index (χ2v) is 5.20. The molecule has 0 fully saturated rings. The van der Waals surface area contributed by atoms with Gasteiger partial charge in [-0.25, -0.2) is 0 Å². The Labute approximate surface area is 123 Å². The molecule has 0 bridgehead atoms. The molecule has 0 heterocycles. The third-order valence-corrected chi connectivity index (χ3v) is 3.81. The number of benzene rings is 2. The Balaban J connectivity index is 0.00000144. The first-order valence-electron chi connectivity index (χ1n) is 4.87. The first-order valence-corrected chi connectivity index (χ1v) is 6.31. The van der Waals surface area contributed by atoms with Gasteiger partial charge in [0.25, 0.3) is 10.1 Å². The van der Waals surface area contributed by atoms with Crippen LogP contribution in [0, 0.1) is 13.8 Å². The van der Waals surface area contributed by atoms with E-state index in [0.29, 0.717) is 10.9 Å². The average molecular weight is 259 g/mol. The molecule has 2 aromatic rings. The van der Waals surface area contributed by atoms with Crippen molar-refractivity contribution in [1.82, 2.24) is 0 Å². The van der Waals surface area contributed by atoms with E-state index in [4.69, 9.17) is 0 Å². The summed E-state index contributed by atoms with van der Waals surface area (Å²) in [6.07, 6.45) is 0. The molecule has 0 saturated carbocycles. The summed E-state index contributed by atoms with van der Waals surface area (Å²) < 4.78 is 32.0. The molecule has 0 aliphatic rings. The van der Waals surface area contributed by atoms with Crippen LogP contribution in [0.2, 0.25) is 0 Å². The number of hydrogen-bond donors (Lipinski definition) is 1. The third-order valence-electron chi connectivity index (χ3n) is 2.77. The largest absolute Gasteiger partial charge is 0.295 e. The molecule has 0 aromatic heterocycles. The first kappa shape index (κ1) is 14.7. The summed E-state index contributed by atoms with van der Waals surface area (Å²) >= 11 is 0. The van der Waals surface area contributed by atoms with E-state index in [9.17, 15) is 13.0 Å². The maximum Gasteiger partial charge on any atom is 0.295 e. The van der Waals surface area contributed by atoms with Gasteiger partial charge in [0, 0.05) is 34.9 Å². The van der Waals surface area contributed by atoms with Gasteiger partial charge in [0.1, 0.15) is 4.90 Å². The van der Waals surface area contributed by atoms with Crippen molar-refractivity contribution in [3.8, 4) is 0 Å². The summed E-state index contributed by atoms with van der Waals surface area (Å²) in [7, 11) is -4.18. The van der Waals surface area contributed by atoms with Gasteiger partial charge in [-0.05, 0) is 30.4 Å². The quantitative estimate of drug-likeness (QED) is 0.631. The molecule has 3 nitrogen and oxygen atoms in total. The summed E-state index contributed by atoms with van der Waals surface area (Å²) in [6.45, 7) is 3.53. The van der Waals surface area contributed by atoms with Gasteiger partial charge >= 0.3 is 0 Å². The van der Waals surface area contributed by atoms with Crippen LogP contribution in [-0.2, 0) is 10.1 Å². The van der Waals surface area contributed by atoms with Gasteiger partial charge in [-0.3, -0.25) is 4.55 Å². The summed E-state index contributed by atoms with van der Waals surface area (Å²) in [5, 5.41) is 1.38. The predicted octanol–water partition coefficient (Wildman–Crippen LogP) is 2.32. The van der Waals surface area contributed by atoms with Gasteiger partial charge in [-0.2, -0.15) is 8.42 Å². The minimum Gasteiger partial charge on any atom is -0.282 e. The van der Waals surface area contributed by atoms with Crippen molar-refractivity contribution in [3.05, 3.63) is 41.5 Å². The molecule has 0 unspecified atom stereocenters.